The molecule has 0 aliphatic rings. The predicted molar refractivity (Wildman–Crippen MR) is 58.3 cm³/mol. The number of aromatic nitrogens is 2. The van der Waals surface area contributed by atoms with E-state index >= 15 is 0 Å². The number of nitrogens with zero attached hydrogens (tertiary/aromatic N) is 2. The average molecular weight is 277 g/mol. The summed E-state index contributed by atoms with van der Waals surface area (Å²) in [4.78, 5) is 8.24. The summed E-state index contributed by atoms with van der Waals surface area (Å²) >= 11 is 2.26. The monoisotopic (exact) mass is 277 g/mol. The Labute approximate surface area is 86.1 Å². The van der Waals surface area contributed by atoms with Crippen molar-refractivity contribution in [1.82, 2.24) is 9.97 Å². The molecule has 66 valence electrons. The van der Waals surface area contributed by atoms with Crippen molar-refractivity contribution < 1.29 is 0 Å². The third-order valence-electron chi connectivity index (χ3n) is 1.51. The van der Waals surface area contributed by atoms with Crippen LogP contribution in [0.4, 0.5) is 5.82 Å². The fraction of sp³-hybridized carbons (Fsp3) is 0.500. The molecule has 0 aliphatic carbocycles. The van der Waals surface area contributed by atoms with Gasteiger partial charge in [0.1, 0.15) is 12.1 Å². The van der Waals surface area contributed by atoms with E-state index in [4.69, 9.17) is 0 Å². The van der Waals surface area contributed by atoms with Gasteiger partial charge in [-0.15, -0.1) is 0 Å². The number of halogens is 1. The first kappa shape index (κ1) is 9.70. The van der Waals surface area contributed by atoms with Crippen molar-refractivity contribution in [3.05, 3.63) is 15.6 Å². The number of hydrogen-bond acceptors (Lipinski definition) is 3. The quantitative estimate of drug-likeness (QED) is 0.861. The lowest BCUT2D eigenvalue weighted by molar-refractivity contribution is 0.956. The van der Waals surface area contributed by atoms with E-state index < -0.39 is 0 Å². The molecule has 0 aromatic carbocycles. The molecule has 4 heteroatoms. The first-order valence-electron chi connectivity index (χ1n) is 3.96. The van der Waals surface area contributed by atoms with Gasteiger partial charge in [-0.3, -0.25) is 0 Å². The Bertz CT molecular complexity index is 262. The third kappa shape index (κ3) is 2.30. The van der Waals surface area contributed by atoms with E-state index in [0.29, 0.717) is 0 Å². The summed E-state index contributed by atoms with van der Waals surface area (Å²) in [5.41, 5.74) is 1.03. The molecule has 0 fully saturated rings. The van der Waals surface area contributed by atoms with Crippen molar-refractivity contribution >= 4 is 28.4 Å². The van der Waals surface area contributed by atoms with Gasteiger partial charge in [-0.1, -0.05) is 6.92 Å². The Kier molecular flexibility index (Phi) is 3.71. The average Bonchev–Trinajstić information content (AvgIpc) is 2.08. The van der Waals surface area contributed by atoms with Gasteiger partial charge >= 0.3 is 0 Å². The van der Waals surface area contributed by atoms with Gasteiger partial charge in [-0.05, 0) is 35.9 Å². The first-order valence-corrected chi connectivity index (χ1v) is 5.04. The van der Waals surface area contributed by atoms with Crippen LogP contribution in [-0.2, 0) is 0 Å². The lowest BCUT2D eigenvalue weighted by atomic mass is 10.4. The van der Waals surface area contributed by atoms with Crippen LogP contribution < -0.4 is 5.32 Å². The van der Waals surface area contributed by atoms with Gasteiger partial charge < -0.3 is 5.32 Å². The van der Waals surface area contributed by atoms with Crippen LogP contribution in [0.15, 0.2) is 6.33 Å². The largest absolute Gasteiger partial charge is 0.369 e. The van der Waals surface area contributed by atoms with Gasteiger partial charge in [-0.2, -0.15) is 0 Å². The molecule has 0 atom stereocenters. The van der Waals surface area contributed by atoms with Crippen molar-refractivity contribution in [2.45, 2.75) is 20.3 Å². The molecule has 0 aliphatic heterocycles. The zero-order valence-electron chi connectivity index (χ0n) is 7.26. The summed E-state index contributed by atoms with van der Waals surface area (Å²) in [7, 11) is 0. The maximum atomic E-state index is 4.15. The molecule has 0 bridgehead atoms. The number of rotatable bonds is 3. The minimum atomic E-state index is 0.949. The van der Waals surface area contributed by atoms with Gasteiger partial charge in [0.2, 0.25) is 0 Å². The fourth-order valence-corrected chi connectivity index (χ4v) is 1.29. The number of anilines is 1. The highest BCUT2D eigenvalue weighted by Crippen LogP contribution is 2.16. The van der Waals surface area contributed by atoms with Gasteiger partial charge in [0.05, 0.1) is 9.26 Å². The van der Waals surface area contributed by atoms with E-state index in [9.17, 15) is 0 Å². The second-order valence-corrected chi connectivity index (χ2v) is 3.63. The number of hydrogen-bond donors (Lipinski definition) is 1. The molecule has 1 heterocycles. The maximum absolute atomic E-state index is 4.15. The molecular weight excluding hydrogens is 265 g/mol. The molecule has 3 nitrogen and oxygen atoms in total. The Morgan fingerprint density at radius 2 is 2.25 bits per heavy atom. The molecule has 0 spiro atoms. The van der Waals surface area contributed by atoms with Crippen molar-refractivity contribution in [3.63, 3.8) is 0 Å². The molecule has 0 saturated carbocycles. The summed E-state index contributed by atoms with van der Waals surface area (Å²) in [5.74, 6) is 0.949. The zero-order valence-corrected chi connectivity index (χ0v) is 9.42. The highest BCUT2D eigenvalue weighted by molar-refractivity contribution is 14.1. The van der Waals surface area contributed by atoms with Crippen LogP contribution in [0.5, 0.6) is 0 Å². The minimum absolute atomic E-state index is 0.949. The Balaban J connectivity index is 2.78. The lowest BCUT2D eigenvalue weighted by Crippen LogP contribution is -2.05. The van der Waals surface area contributed by atoms with Crippen molar-refractivity contribution in [1.29, 1.82) is 0 Å². The zero-order chi connectivity index (χ0) is 8.97. The summed E-state index contributed by atoms with van der Waals surface area (Å²) in [5, 5.41) is 3.24. The van der Waals surface area contributed by atoms with E-state index in [1.807, 2.05) is 6.92 Å². The van der Waals surface area contributed by atoms with Crippen molar-refractivity contribution in [2.24, 2.45) is 0 Å². The van der Waals surface area contributed by atoms with Crippen LogP contribution in [0, 0.1) is 10.5 Å². The molecule has 0 unspecified atom stereocenters. The third-order valence-corrected chi connectivity index (χ3v) is 2.80. The molecule has 1 aromatic rings. The number of aryl methyl sites for hydroxylation is 1. The molecule has 1 aromatic heterocycles. The first-order chi connectivity index (χ1) is 5.75. The van der Waals surface area contributed by atoms with Crippen molar-refractivity contribution in [2.75, 3.05) is 11.9 Å². The standard InChI is InChI=1S/C8H12IN3/c1-3-4-10-8-7(9)6(2)11-5-12-8/h5H,3-4H2,1-2H3,(H,10,11,12). The molecule has 1 rings (SSSR count). The molecule has 0 amide bonds. The second-order valence-electron chi connectivity index (χ2n) is 2.55. The smallest absolute Gasteiger partial charge is 0.143 e. The van der Waals surface area contributed by atoms with Crippen LogP contribution in [0.3, 0.4) is 0 Å². The highest BCUT2D eigenvalue weighted by Gasteiger charge is 2.02. The Morgan fingerprint density at radius 3 is 2.92 bits per heavy atom. The molecule has 12 heavy (non-hydrogen) atoms. The second kappa shape index (κ2) is 4.59. The summed E-state index contributed by atoms with van der Waals surface area (Å²) in [6.45, 7) is 5.08. The SMILES string of the molecule is CCCNc1ncnc(C)c1I. The molecule has 1 N–H and O–H groups in total. The van der Waals surface area contributed by atoms with Gasteiger partial charge in [-0.25, -0.2) is 9.97 Å². The summed E-state index contributed by atoms with van der Waals surface area (Å²) in [6.07, 6.45) is 2.70. The van der Waals surface area contributed by atoms with Gasteiger partial charge in [0.25, 0.3) is 0 Å². The predicted octanol–water partition coefficient (Wildman–Crippen LogP) is 2.21. The summed E-state index contributed by atoms with van der Waals surface area (Å²) < 4.78 is 1.11. The lowest BCUT2D eigenvalue weighted by Gasteiger charge is -2.06. The topological polar surface area (TPSA) is 37.8 Å². The van der Waals surface area contributed by atoms with E-state index in [2.05, 4.69) is 44.8 Å². The van der Waals surface area contributed by atoms with E-state index in [-0.39, 0.29) is 0 Å². The fourth-order valence-electron chi connectivity index (χ4n) is 0.825. The van der Waals surface area contributed by atoms with Gasteiger partial charge in [0, 0.05) is 6.54 Å². The van der Waals surface area contributed by atoms with Gasteiger partial charge in [0.15, 0.2) is 0 Å². The van der Waals surface area contributed by atoms with Crippen LogP contribution >= 0.6 is 22.6 Å². The minimum Gasteiger partial charge on any atom is -0.369 e. The van der Waals surface area contributed by atoms with E-state index in [0.717, 1.165) is 28.0 Å². The van der Waals surface area contributed by atoms with Crippen molar-refractivity contribution in [3.8, 4) is 0 Å². The Morgan fingerprint density at radius 1 is 1.50 bits per heavy atom. The molecule has 0 radical (unpaired) electrons. The van der Waals surface area contributed by atoms with Crippen LogP contribution in [0.1, 0.15) is 19.0 Å². The summed E-state index contributed by atoms with van der Waals surface area (Å²) in [6, 6.07) is 0. The van der Waals surface area contributed by atoms with Crippen LogP contribution in [-0.4, -0.2) is 16.5 Å². The van der Waals surface area contributed by atoms with E-state index in [1.54, 1.807) is 6.33 Å². The number of nitrogens with one attached hydrogen (secondary N) is 1. The van der Waals surface area contributed by atoms with Crippen LogP contribution in [0.2, 0.25) is 0 Å². The van der Waals surface area contributed by atoms with Crippen LogP contribution in [0.25, 0.3) is 0 Å². The highest BCUT2D eigenvalue weighted by atomic mass is 127. The molecule has 0 saturated heterocycles. The van der Waals surface area contributed by atoms with E-state index in [1.165, 1.54) is 0 Å². The molecular formula is C8H12IN3. The normalized spacial score (nSPS) is 9.92. The maximum Gasteiger partial charge on any atom is 0.143 e. The Hall–Kier alpha value is -0.390.